The van der Waals surface area contributed by atoms with Crippen molar-refractivity contribution in [2.45, 2.75) is 42.8 Å². The van der Waals surface area contributed by atoms with E-state index in [4.69, 9.17) is 0 Å². The number of sulfone groups is 2. The fourth-order valence-corrected chi connectivity index (χ4v) is 7.03. The van der Waals surface area contributed by atoms with E-state index in [9.17, 15) is 21.6 Å². The van der Waals surface area contributed by atoms with Gasteiger partial charge in [-0.05, 0) is 37.1 Å². The van der Waals surface area contributed by atoms with Crippen LogP contribution in [0.1, 0.15) is 43.0 Å². The second-order valence-electron chi connectivity index (χ2n) is 6.06. The van der Waals surface area contributed by atoms with Crippen molar-refractivity contribution in [1.29, 1.82) is 0 Å². The van der Waals surface area contributed by atoms with Crippen LogP contribution in [0.15, 0.2) is 29.2 Å². The predicted octanol–water partition coefficient (Wildman–Crippen LogP) is 1.57. The Balaban J connectivity index is 2.05. The lowest BCUT2D eigenvalue weighted by atomic mass is 10.2. The monoisotopic (exact) mass is 373 g/mol. The highest BCUT2D eigenvalue weighted by atomic mass is 32.2. The topological polar surface area (TPSA) is 97.4 Å². The van der Waals surface area contributed by atoms with Crippen LogP contribution >= 0.6 is 0 Å². The number of amides is 1. The van der Waals surface area contributed by atoms with Crippen molar-refractivity contribution in [3.05, 3.63) is 29.8 Å². The third kappa shape index (κ3) is 4.57. The van der Waals surface area contributed by atoms with E-state index in [1.165, 1.54) is 24.3 Å². The molecule has 6 nitrogen and oxygen atoms in total. The quantitative estimate of drug-likeness (QED) is 0.732. The first-order valence-corrected chi connectivity index (χ1v) is 11.5. The molecule has 1 aromatic carbocycles. The van der Waals surface area contributed by atoms with Crippen molar-refractivity contribution in [3.8, 4) is 0 Å². The van der Waals surface area contributed by atoms with E-state index >= 15 is 0 Å². The van der Waals surface area contributed by atoms with E-state index < -0.39 is 24.9 Å². The Bertz CT molecular complexity index is 782. The average molecular weight is 373 g/mol. The van der Waals surface area contributed by atoms with Crippen LogP contribution in [0.5, 0.6) is 0 Å². The Labute approximate surface area is 143 Å². The molecule has 1 amide bonds. The number of hydrogen-bond donors (Lipinski definition) is 1. The fraction of sp³-hybridized carbons (Fsp3) is 0.562. The minimum atomic E-state index is -3.69. The van der Waals surface area contributed by atoms with Crippen LogP contribution < -0.4 is 5.32 Å². The highest BCUT2D eigenvalue weighted by Crippen LogP contribution is 2.25. The third-order valence-corrected chi connectivity index (χ3v) is 8.33. The predicted molar refractivity (Wildman–Crippen MR) is 92.5 cm³/mol. The molecule has 8 heteroatoms. The number of carbonyl (C=O) groups is 1. The van der Waals surface area contributed by atoms with Crippen LogP contribution in [0, 0.1) is 0 Å². The Morgan fingerprint density at radius 3 is 2.42 bits per heavy atom. The van der Waals surface area contributed by atoms with Crippen molar-refractivity contribution in [2.75, 3.05) is 18.1 Å². The van der Waals surface area contributed by atoms with Crippen molar-refractivity contribution in [2.24, 2.45) is 0 Å². The number of hydrogen-bond acceptors (Lipinski definition) is 5. The summed E-state index contributed by atoms with van der Waals surface area (Å²) in [5.41, 5.74) is 0.393. The Morgan fingerprint density at radius 2 is 1.88 bits per heavy atom. The van der Waals surface area contributed by atoms with Crippen LogP contribution in [0.25, 0.3) is 0 Å². The normalized spacial score (nSPS) is 20.0. The molecular formula is C16H23NO5S2. The smallest absolute Gasteiger partial charge is 0.251 e. The maximum absolute atomic E-state index is 12.5. The largest absolute Gasteiger partial charge is 0.352 e. The van der Waals surface area contributed by atoms with Gasteiger partial charge in [-0.25, -0.2) is 16.8 Å². The molecule has 1 N–H and O–H groups in total. The molecule has 1 aromatic rings. The van der Waals surface area contributed by atoms with Gasteiger partial charge in [-0.15, -0.1) is 0 Å². The van der Waals surface area contributed by atoms with Gasteiger partial charge in [0.05, 0.1) is 21.7 Å². The number of nitrogens with one attached hydrogen (secondary N) is 1. The summed E-state index contributed by atoms with van der Waals surface area (Å²) in [6.07, 6.45) is 3.15. The van der Waals surface area contributed by atoms with Gasteiger partial charge in [-0.1, -0.05) is 19.8 Å². The molecule has 134 valence electrons. The number of carbonyl (C=O) groups excluding carboxylic acids is 1. The highest BCUT2D eigenvalue weighted by molar-refractivity contribution is 7.96. The van der Waals surface area contributed by atoms with Gasteiger partial charge in [0, 0.05) is 12.1 Å². The van der Waals surface area contributed by atoms with Gasteiger partial charge in [0.15, 0.2) is 19.7 Å². The van der Waals surface area contributed by atoms with Crippen LogP contribution in [0.2, 0.25) is 0 Å². The van der Waals surface area contributed by atoms with Gasteiger partial charge in [-0.2, -0.15) is 0 Å². The average Bonchev–Trinajstić information content (AvgIpc) is 2.92. The van der Waals surface area contributed by atoms with E-state index in [1.54, 1.807) is 0 Å². The van der Waals surface area contributed by atoms with E-state index in [-0.39, 0.29) is 28.7 Å². The van der Waals surface area contributed by atoms with Crippen molar-refractivity contribution < 1.29 is 21.6 Å². The zero-order chi connectivity index (χ0) is 17.8. The van der Waals surface area contributed by atoms with Crippen molar-refractivity contribution in [1.82, 2.24) is 5.32 Å². The van der Waals surface area contributed by atoms with E-state index in [0.29, 0.717) is 12.1 Å². The van der Waals surface area contributed by atoms with Gasteiger partial charge in [0.25, 0.3) is 5.91 Å². The maximum Gasteiger partial charge on any atom is 0.251 e. The van der Waals surface area contributed by atoms with E-state index in [2.05, 4.69) is 12.2 Å². The summed E-state index contributed by atoms with van der Waals surface area (Å²) in [5.74, 6) is -0.650. The molecule has 0 aromatic heterocycles. The van der Waals surface area contributed by atoms with Gasteiger partial charge < -0.3 is 5.32 Å². The van der Waals surface area contributed by atoms with Crippen LogP contribution in [-0.4, -0.2) is 46.0 Å². The summed E-state index contributed by atoms with van der Waals surface area (Å²) in [5, 5.41) is 1.90. The zero-order valence-corrected chi connectivity index (χ0v) is 15.3. The Morgan fingerprint density at radius 1 is 1.21 bits per heavy atom. The maximum atomic E-state index is 12.5. The van der Waals surface area contributed by atoms with E-state index in [0.717, 1.165) is 19.3 Å². The minimum Gasteiger partial charge on any atom is -0.352 e. The molecule has 1 heterocycles. The minimum absolute atomic E-state index is 0.0622. The molecule has 0 bridgehead atoms. The molecule has 1 fully saturated rings. The summed E-state index contributed by atoms with van der Waals surface area (Å²) in [6, 6.07) is 5.68. The molecule has 1 unspecified atom stereocenters. The molecular weight excluding hydrogens is 350 g/mol. The lowest BCUT2D eigenvalue weighted by Crippen LogP contribution is -2.25. The summed E-state index contributed by atoms with van der Waals surface area (Å²) in [7, 11) is -6.95. The standard InChI is InChI=1S/C16H23NO5S2/c1-2-3-4-10-17-16(18)13-5-7-14(8-6-13)24(21,22)15-9-11-23(19,20)12-15/h5-8,15H,2-4,9-12H2,1H3,(H,17,18). The molecule has 0 spiro atoms. The first kappa shape index (κ1) is 18.9. The van der Waals surface area contributed by atoms with Crippen molar-refractivity contribution >= 4 is 25.6 Å². The Kier molecular flexibility index (Phi) is 6.03. The van der Waals surface area contributed by atoms with Crippen LogP contribution in [0.4, 0.5) is 0 Å². The van der Waals surface area contributed by atoms with Crippen LogP contribution in [-0.2, 0) is 19.7 Å². The second kappa shape index (κ2) is 7.65. The number of rotatable bonds is 7. The molecule has 0 saturated carbocycles. The van der Waals surface area contributed by atoms with Gasteiger partial charge in [0.1, 0.15) is 0 Å². The molecule has 1 aliphatic heterocycles. The first-order chi connectivity index (χ1) is 11.3. The lowest BCUT2D eigenvalue weighted by molar-refractivity contribution is 0.0953. The van der Waals surface area contributed by atoms with Gasteiger partial charge >= 0.3 is 0 Å². The molecule has 1 saturated heterocycles. The highest BCUT2D eigenvalue weighted by Gasteiger charge is 2.37. The summed E-state index contributed by atoms with van der Waals surface area (Å²) in [6.45, 7) is 2.67. The fourth-order valence-electron chi connectivity index (χ4n) is 2.67. The number of unbranched alkanes of at least 4 members (excludes halogenated alkanes) is 2. The van der Waals surface area contributed by atoms with Crippen LogP contribution in [0.3, 0.4) is 0 Å². The molecule has 1 aliphatic rings. The molecule has 24 heavy (non-hydrogen) atoms. The molecule has 1 atom stereocenters. The van der Waals surface area contributed by atoms with E-state index in [1.807, 2.05) is 0 Å². The second-order valence-corrected chi connectivity index (χ2v) is 10.5. The molecule has 2 rings (SSSR count). The third-order valence-electron chi connectivity index (χ3n) is 4.14. The zero-order valence-electron chi connectivity index (χ0n) is 13.7. The molecule has 0 radical (unpaired) electrons. The summed E-state index contributed by atoms with van der Waals surface area (Å²) < 4.78 is 47.9. The lowest BCUT2D eigenvalue weighted by Gasteiger charge is -2.11. The van der Waals surface area contributed by atoms with Gasteiger partial charge in [0.2, 0.25) is 0 Å². The number of benzene rings is 1. The van der Waals surface area contributed by atoms with Gasteiger partial charge in [-0.3, -0.25) is 4.79 Å². The summed E-state index contributed by atoms with van der Waals surface area (Å²) in [4.78, 5) is 12.0. The van der Waals surface area contributed by atoms with Crippen molar-refractivity contribution in [3.63, 3.8) is 0 Å². The first-order valence-electron chi connectivity index (χ1n) is 8.09. The Hall–Kier alpha value is -1.41. The molecule has 0 aliphatic carbocycles. The SMILES string of the molecule is CCCCCNC(=O)c1ccc(S(=O)(=O)C2CCS(=O)(=O)C2)cc1. The summed E-state index contributed by atoms with van der Waals surface area (Å²) >= 11 is 0.